The summed E-state index contributed by atoms with van der Waals surface area (Å²) in [5.74, 6) is 2.90. The van der Waals surface area contributed by atoms with Crippen LogP contribution in [0.2, 0.25) is 0 Å². The van der Waals surface area contributed by atoms with Gasteiger partial charge in [-0.2, -0.15) is 0 Å². The van der Waals surface area contributed by atoms with Gasteiger partial charge in [-0.05, 0) is 80.6 Å². The van der Waals surface area contributed by atoms with Gasteiger partial charge in [-0.25, -0.2) is 0 Å². The highest BCUT2D eigenvalue weighted by molar-refractivity contribution is 5.89. The summed E-state index contributed by atoms with van der Waals surface area (Å²) in [6, 6.07) is 19.4. The Morgan fingerprint density at radius 1 is 0.907 bits per heavy atom. The number of pyridine rings is 1. The highest BCUT2D eigenvalue weighted by Gasteiger charge is 2.53. The number of fused-ring (bicyclic) bond motifs is 2. The largest absolute Gasteiger partial charge is 0.493 e. The van der Waals surface area contributed by atoms with Gasteiger partial charge in [0, 0.05) is 17.0 Å². The molecule has 0 spiro atoms. The van der Waals surface area contributed by atoms with Crippen molar-refractivity contribution in [3.63, 3.8) is 0 Å². The molecule has 0 amide bonds. The van der Waals surface area contributed by atoms with Crippen LogP contribution in [0.1, 0.15) is 42.4 Å². The van der Waals surface area contributed by atoms with Crippen molar-refractivity contribution in [2.75, 3.05) is 35.5 Å². The molecule has 226 valence electrons. The third-order valence-electron chi connectivity index (χ3n) is 8.64. The number of para-hydroxylation sites is 1. The van der Waals surface area contributed by atoms with Gasteiger partial charge < -0.3 is 29.0 Å². The van der Waals surface area contributed by atoms with E-state index < -0.39 is 5.41 Å². The predicted octanol–water partition coefficient (Wildman–Crippen LogP) is 6.06. The Hall–Kier alpha value is -4.30. The Balaban J connectivity index is 1.42. The van der Waals surface area contributed by atoms with Crippen LogP contribution in [-0.2, 0) is 23.1 Å². The molecule has 8 nitrogen and oxygen atoms in total. The predicted molar refractivity (Wildman–Crippen MR) is 167 cm³/mol. The topological polar surface area (TPSA) is 88.1 Å². The number of likely N-dealkylation sites (N-methyl/N-ethyl adjacent to an activating group) is 1. The summed E-state index contributed by atoms with van der Waals surface area (Å²) >= 11 is 0. The van der Waals surface area contributed by atoms with Crippen molar-refractivity contribution in [2.45, 2.75) is 50.0 Å². The number of rotatable bonds is 13. The van der Waals surface area contributed by atoms with E-state index in [-0.39, 0.29) is 12.0 Å². The number of hydrogen-bond donors (Lipinski definition) is 1. The third-order valence-corrected chi connectivity index (χ3v) is 8.64. The molecule has 0 bridgehead atoms. The molecule has 8 heteroatoms. The van der Waals surface area contributed by atoms with Gasteiger partial charge in [0.15, 0.2) is 23.0 Å². The lowest BCUT2D eigenvalue weighted by molar-refractivity contribution is -0.142. The lowest BCUT2D eigenvalue weighted by Crippen LogP contribution is -2.53. The van der Waals surface area contributed by atoms with Crippen LogP contribution >= 0.6 is 0 Å². The second kappa shape index (κ2) is 13.3. The monoisotopic (exact) mass is 584 g/mol. The highest BCUT2D eigenvalue weighted by Crippen LogP contribution is 2.49. The third kappa shape index (κ3) is 5.84. The molecule has 2 unspecified atom stereocenters. The maximum absolute atomic E-state index is 14.4. The molecule has 0 radical (unpaired) electrons. The lowest BCUT2D eigenvalue weighted by Gasteiger charge is -2.36. The van der Waals surface area contributed by atoms with Crippen LogP contribution in [0.5, 0.6) is 28.7 Å². The van der Waals surface area contributed by atoms with Crippen LogP contribution in [0.25, 0.3) is 10.9 Å². The number of carbonyl (C=O) groups is 1. The summed E-state index contributed by atoms with van der Waals surface area (Å²) < 4.78 is 28.4. The molecular formula is C35H40N2O6. The average Bonchev–Trinajstić information content (AvgIpc) is 3.44. The van der Waals surface area contributed by atoms with Crippen LogP contribution in [0.15, 0.2) is 66.9 Å². The van der Waals surface area contributed by atoms with E-state index in [2.05, 4.69) is 16.4 Å². The quantitative estimate of drug-likeness (QED) is 0.150. The van der Waals surface area contributed by atoms with E-state index in [0.29, 0.717) is 30.1 Å². The van der Waals surface area contributed by atoms with Gasteiger partial charge in [0.25, 0.3) is 0 Å². The van der Waals surface area contributed by atoms with Crippen LogP contribution in [0.4, 0.5) is 0 Å². The normalized spacial score (nSPS) is 16.4. The lowest BCUT2D eigenvalue weighted by atomic mass is 9.73. The van der Waals surface area contributed by atoms with Gasteiger partial charge in [-0.1, -0.05) is 36.8 Å². The Morgan fingerprint density at radius 2 is 1.67 bits per heavy atom. The second-order valence-corrected chi connectivity index (χ2v) is 10.8. The molecule has 3 aromatic carbocycles. The van der Waals surface area contributed by atoms with Gasteiger partial charge in [0.2, 0.25) is 0 Å². The Labute approximate surface area is 253 Å². The number of nitrogens with zero attached hydrogens (tertiary/aromatic N) is 1. The van der Waals surface area contributed by atoms with Gasteiger partial charge >= 0.3 is 5.97 Å². The molecule has 1 aliphatic carbocycles. The average molecular weight is 585 g/mol. The van der Waals surface area contributed by atoms with E-state index in [1.807, 2.05) is 61.6 Å². The van der Waals surface area contributed by atoms with Crippen molar-refractivity contribution >= 4 is 16.9 Å². The minimum atomic E-state index is -0.918. The molecule has 1 aromatic heterocycles. The number of hydrogen-bond acceptors (Lipinski definition) is 8. The van der Waals surface area contributed by atoms with Gasteiger partial charge in [-0.15, -0.1) is 0 Å². The first-order valence-electron chi connectivity index (χ1n) is 14.7. The van der Waals surface area contributed by atoms with Crippen molar-refractivity contribution < 1.29 is 28.5 Å². The smallest absolute Gasteiger partial charge is 0.323 e. The number of aryl methyl sites for hydroxylation is 1. The number of carbonyl (C=O) groups excluding carboxylic acids is 1. The Bertz CT molecular complexity index is 1590. The number of nitrogens with one attached hydrogen (secondary N) is 1. The maximum Gasteiger partial charge on any atom is 0.323 e. The molecule has 5 rings (SSSR count). The summed E-state index contributed by atoms with van der Waals surface area (Å²) in [4.78, 5) is 18.9. The summed E-state index contributed by atoms with van der Waals surface area (Å²) in [6.07, 6.45) is 6.41. The number of benzene rings is 3. The van der Waals surface area contributed by atoms with E-state index in [1.165, 1.54) is 5.56 Å². The van der Waals surface area contributed by atoms with Crippen molar-refractivity contribution in [3.05, 3.63) is 83.6 Å². The molecule has 0 aliphatic heterocycles. The second-order valence-electron chi connectivity index (χ2n) is 10.8. The first-order valence-corrected chi connectivity index (χ1v) is 14.7. The van der Waals surface area contributed by atoms with Crippen LogP contribution in [0.3, 0.4) is 0 Å². The molecule has 1 N–H and O–H groups in total. The number of methoxy groups -OCH3 is 4. The molecule has 0 saturated carbocycles. The zero-order valence-electron chi connectivity index (χ0n) is 25.6. The fourth-order valence-electron chi connectivity index (χ4n) is 6.49. The minimum Gasteiger partial charge on any atom is -0.493 e. The SMILES string of the molecule is CNC(CCCCc1ccc(OC)c(OC)c1)C1(C(=O)Oc2cnc3ccccc3c2)CCc2c1ccc(OC)c2OC. The molecule has 1 heterocycles. The van der Waals surface area contributed by atoms with Crippen LogP contribution in [0, 0.1) is 0 Å². The van der Waals surface area contributed by atoms with Crippen LogP contribution in [-0.4, -0.2) is 52.5 Å². The van der Waals surface area contributed by atoms with E-state index in [4.69, 9.17) is 23.7 Å². The highest BCUT2D eigenvalue weighted by atomic mass is 16.5. The van der Waals surface area contributed by atoms with Gasteiger partial charge in [0.1, 0.15) is 11.2 Å². The fourth-order valence-corrected chi connectivity index (χ4v) is 6.49. The molecule has 0 fully saturated rings. The molecule has 43 heavy (non-hydrogen) atoms. The number of esters is 1. The zero-order valence-corrected chi connectivity index (χ0v) is 25.6. The van der Waals surface area contributed by atoms with E-state index in [0.717, 1.165) is 59.2 Å². The van der Waals surface area contributed by atoms with E-state index in [9.17, 15) is 4.79 Å². The molecule has 0 saturated heterocycles. The summed E-state index contributed by atoms with van der Waals surface area (Å²) in [5.41, 5.74) is 3.02. The first-order chi connectivity index (χ1) is 21.0. The minimum absolute atomic E-state index is 0.168. The van der Waals surface area contributed by atoms with Crippen molar-refractivity contribution in [1.82, 2.24) is 10.3 Å². The van der Waals surface area contributed by atoms with Crippen LogP contribution < -0.4 is 29.0 Å². The summed E-state index contributed by atoms with van der Waals surface area (Å²) in [6.45, 7) is 0. The number of aromatic nitrogens is 1. The van der Waals surface area contributed by atoms with E-state index >= 15 is 0 Å². The van der Waals surface area contributed by atoms with Crippen molar-refractivity contribution in [1.29, 1.82) is 0 Å². The van der Waals surface area contributed by atoms with E-state index in [1.54, 1.807) is 34.6 Å². The molecule has 1 aliphatic rings. The Kier molecular flexibility index (Phi) is 9.36. The first kappa shape index (κ1) is 30.2. The van der Waals surface area contributed by atoms with Crippen molar-refractivity contribution in [3.8, 4) is 28.7 Å². The van der Waals surface area contributed by atoms with Crippen molar-refractivity contribution in [2.24, 2.45) is 0 Å². The van der Waals surface area contributed by atoms with Gasteiger partial charge in [-0.3, -0.25) is 9.78 Å². The molecule has 4 aromatic rings. The molecular weight excluding hydrogens is 544 g/mol. The fraction of sp³-hybridized carbons (Fsp3) is 0.371. The Morgan fingerprint density at radius 3 is 2.42 bits per heavy atom. The standard InChI is InChI=1S/C35H40N2O6/c1-36-32(13-9-6-10-23-14-16-29(39-2)31(20-23)41-4)35(19-18-26-27(35)15-17-30(40-3)33(26)42-5)34(38)43-25-21-24-11-7-8-12-28(24)37-22-25/h7-8,11-12,14-17,20-22,32,36H,6,9-10,13,18-19H2,1-5H3. The van der Waals surface area contributed by atoms with Gasteiger partial charge in [0.05, 0.1) is 40.2 Å². The number of unbranched alkanes of at least 4 members (excludes halogenated alkanes) is 1. The summed E-state index contributed by atoms with van der Waals surface area (Å²) in [5, 5.41) is 4.41. The maximum atomic E-state index is 14.4. The number of ether oxygens (including phenoxy) is 5. The summed E-state index contributed by atoms with van der Waals surface area (Å²) in [7, 11) is 8.48. The molecule has 2 atom stereocenters. The zero-order chi connectivity index (χ0) is 30.4.